The molecule has 0 bridgehead atoms. The number of anilines is 1. The van der Waals surface area contributed by atoms with Gasteiger partial charge in [0.05, 0.1) is 12.3 Å². The SMILES string of the molecule is CC(C)CCCOc1ccc(N)c2nonc12. The Balaban J connectivity index is 2.04. The van der Waals surface area contributed by atoms with Gasteiger partial charge in [-0.2, -0.15) is 0 Å². The molecule has 2 aromatic rings. The predicted molar refractivity (Wildman–Crippen MR) is 65.8 cm³/mol. The second kappa shape index (κ2) is 5.03. The van der Waals surface area contributed by atoms with Crippen LogP contribution in [0.25, 0.3) is 11.0 Å². The molecule has 5 nitrogen and oxygen atoms in total. The number of nitrogen functional groups attached to an aromatic ring is 1. The Hall–Kier alpha value is -1.78. The molecule has 0 atom stereocenters. The molecule has 0 amide bonds. The quantitative estimate of drug-likeness (QED) is 0.637. The second-order valence-electron chi connectivity index (χ2n) is 4.50. The number of nitrogens with zero attached hydrogens (tertiary/aromatic N) is 2. The number of benzene rings is 1. The first-order chi connectivity index (χ1) is 8.18. The molecule has 1 aromatic heterocycles. The molecule has 0 saturated carbocycles. The Morgan fingerprint density at radius 1 is 1.29 bits per heavy atom. The van der Waals surface area contributed by atoms with Crippen molar-refractivity contribution >= 4 is 16.7 Å². The molecule has 0 radical (unpaired) electrons. The van der Waals surface area contributed by atoms with Crippen LogP contribution in [0.3, 0.4) is 0 Å². The molecule has 0 aliphatic rings. The van der Waals surface area contributed by atoms with Crippen LogP contribution in [-0.4, -0.2) is 16.9 Å². The van der Waals surface area contributed by atoms with Gasteiger partial charge in [-0.3, -0.25) is 0 Å². The second-order valence-corrected chi connectivity index (χ2v) is 4.50. The van der Waals surface area contributed by atoms with E-state index in [0.29, 0.717) is 35.0 Å². The summed E-state index contributed by atoms with van der Waals surface area (Å²) in [6.07, 6.45) is 2.17. The Bertz CT molecular complexity index is 493. The van der Waals surface area contributed by atoms with E-state index in [0.717, 1.165) is 12.8 Å². The summed E-state index contributed by atoms with van der Waals surface area (Å²) < 4.78 is 10.3. The third-order valence-corrected chi connectivity index (χ3v) is 2.59. The number of rotatable bonds is 5. The van der Waals surface area contributed by atoms with E-state index in [2.05, 4.69) is 28.8 Å². The molecule has 17 heavy (non-hydrogen) atoms. The Kier molecular flexibility index (Phi) is 3.46. The van der Waals surface area contributed by atoms with E-state index in [4.69, 9.17) is 10.5 Å². The van der Waals surface area contributed by atoms with Gasteiger partial charge in [0.2, 0.25) is 0 Å². The van der Waals surface area contributed by atoms with Crippen LogP contribution in [0.2, 0.25) is 0 Å². The van der Waals surface area contributed by atoms with Crippen LogP contribution in [0.1, 0.15) is 26.7 Å². The summed E-state index contributed by atoms with van der Waals surface area (Å²) in [7, 11) is 0. The summed E-state index contributed by atoms with van der Waals surface area (Å²) in [5.41, 5.74) is 7.45. The van der Waals surface area contributed by atoms with E-state index in [-0.39, 0.29) is 0 Å². The zero-order valence-electron chi connectivity index (χ0n) is 10.1. The van der Waals surface area contributed by atoms with Crippen molar-refractivity contribution in [3.05, 3.63) is 12.1 Å². The maximum Gasteiger partial charge on any atom is 0.179 e. The third-order valence-electron chi connectivity index (χ3n) is 2.59. The Morgan fingerprint density at radius 2 is 2.06 bits per heavy atom. The number of hydrogen-bond donors (Lipinski definition) is 1. The standard InChI is InChI=1S/C12H17N3O2/c1-8(2)4-3-7-16-10-6-5-9(13)11-12(10)15-17-14-11/h5-6,8H,3-4,7,13H2,1-2H3. The minimum atomic E-state index is 0.552. The van der Waals surface area contributed by atoms with E-state index in [1.165, 1.54) is 0 Å². The molecule has 0 aliphatic heterocycles. The summed E-state index contributed by atoms with van der Waals surface area (Å²) in [6, 6.07) is 3.56. The van der Waals surface area contributed by atoms with Crippen molar-refractivity contribution in [2.45, 2.75) is 26.7 Å². The van der Waals surface area contributed by atoms with E-state index >= 15 is 0 Å². The first kappa shape index (κ1) is 11.7. The minimum Gasteiger partial charge on any atom is -0.491 e. The molecule has 0 unspecified atom stereocenters. The lowest BCUT2D eigenvalue weighted by molar-refractivity contribution is 0.294. The maximum atomic E-state index is 5.75. The molecule has 1 heterocycles. The lowest BCUT2D eigenvalue weighted by Crippen LogP contribution is -2.00. The zero-order chi connectivity index (χ0) is 12.3. The van der Waals surface area contributed by atoms with Gasteiger partial charge in [-0.25, -0.2) is 4.63 Å². The summed E-state index contributed by atoms with van der Waals surface area (Å²) in [5.74, 6) is 1.37. The first-order valence-electron chi connectivity index (χ1n) is 5.82. The normalized spacial score (nSPS) is 11.2. The van der Waals surface area contributed by atoms with E-state index < -0.39 is 0 Å². The molecular weight excluding hydrogens is 218 g/mol. The van der Waals surface area contributed by atoms with Crippen LogP contribution in [0.4, 0.5) is 5.69 Å². The molecule has 1 aromatic carbocycles. The molecule has 5 heteroatoms. The van der Waals surface area contributed by atoms with Gasteiger partial charge in [0.15, 0.2) is 16.8 Å². The van der Waals surface area contributed by atoms with Gasteiger partial charge in [0, 0.05) is 0 Å². The monoisotopic (exact) mass is 235 g/mol. The predicted octanol–water partition coefficient (Wildman–Crippen LogP) is 2.62. The zero-order valence-corrected chi connectivity index (χ0v) is 10.1. The fourth-order valence-electron chi connectivity index (χ4n) is 1.65. The molecule has 0 saturated heterocycles. The first-order valence-corrected chi connectivity index (χ1v) is 5.82. The highest BCUT2D eigenvalue weighted by Gasteiger charge is 2.10. The Morgan fingerprint density at radius 3 is 2.82 bits per heavy atom. The van der Waals surface area contributed by atoms with Crippen LogP contribution < -0.4 is 10.5 Å². The van der Waals surface area contributed by atoms with Gasteiger partial charge in [-0.1, -0.05) is 13.8 Å². The molecule has 2 rings (SSSR count). The van der Waals surface area contributed by atoms with Crippen molar-refractivity contribution in [1.29, 1.82) is 0 Å². The largest absolute Gasteiger partial charge is 0.491 e. The van der Waals surface area contributed by atoms with Crippen molar-refractivity contribution in [3.8, 4) is 5.75 Å². The molecule has 0 spiro atoms. The van der Waals surface area contributed by atoms with Crippen molar-refractivity contribution < 1.29 is 9.37 Å². The average Bonchev–Trinajstić information content (AvgIpc) is 2.76. The van der Waals surface area contributed by atoms with Crippen LogP contribution in [0.5, 0.6) is 5.75 Å². The minimum absolute atomic E-state index is 0.552. The molecule has 0 aliphatic carbocycles. The fraction of sp³-hybridized carbons (Fsp3) is 0.500. The van der Waals surface area contributed by atoms with E-state index in [1.807, 2.05) is 0 Å². The number of fused-ring (bicyclic) bond motifs is 1. The van der Waals surface area contributed by atoms with Gasteiger partial charge >= 0.3 is 0 Å². The molecular formula is C12H17N3O2. The maximum absolute atomic E-state index is 5.75. The highest BCUT2D eigenvalue weighted by molar-refractivity contribution is 5.90. The molecule has 92 valence electrons. The van der Waals surface area contributed by atoms with E-state index in [9.17, 15) is 0 Å². The Labute approximate surface area is 99.9 Å². The third kappa shape index (κ3) is 2.67. The van der Waals surface area contributed by atoms with Crippen LogP contribution in [0.15, 0.2) is 16.8 Å². The van der Waals surface area contributed by atoms with Crippen molar-refractivity contribution in [2.24, 2.45) is 5.92 Å². The lowest BCUT2D eigenvalue weighted by Gasteiger charge is -2.07. The van der Waals surface area contributed by atoms with Gasteiger partial charge in [0.1, 0.15) is 0 Å². The topological polar surface area (TPSA) is 74.2 Å². The van der Waals surface area contributed by atoms with E-state index in [1.54, 1.807) is 12.1 Å². The van der Waals surface area contributed by atoms with Crippen LogP contribution >= 0.6 is 0 Å². The summed E-state index contributed by atoms with van der Waals surface area (Å²) in [6.45, 7) is 5.07. The average molecular weight is 235 g/mol. The van der Waals surface area contributed by atoms with Crippen molar-refractivity contribution in [1.82, 2.24) is 10.3 Å². The van der Waals surface area contributed by atoms with Gasteiger partial charge in [0.25, 0.3) is 0 Å². The highest BCUT2D eigenvalue weighted by atomic mass is 16.6. The molecule has 2 N–H and O–H groups in total. The van der Waals surface area contributed by atoms with Gasteiger partial charge in [-0.05, 0) is 41.2 Å². The summed E-state index contributed by atoms with van der Waals surface area (Å²) in [5, 5.41) is 7.55. The number of hydrogen-bond acceptors (Lipinski definition) is 5. The van der Waals surface area contributed by atoms with Gasteiger partial charge < -0.3 is 10.5 Å². The molecule has 0 fully saturated rings. The lowest BCUT2D eigenvalue weighted by atomic mass is 10.1. The summed E-state index contributed by atoms with van der Waals surface area (Å²) >= 11 is 0. The highest BCUT2D eigenvalue weighted by Crippen LogP contribution is 2.27. The fourth-order valence-corrected chi connectivity index (χ4v) is 1.65. The summed E-state index contributed by atoms with van der Waals surface area (Å²) in [4.78, 5) is 0. The number of nitrogens with two attached hydrogens (primary N) is 1. The smallest absolute Gasteiger partial charge is 0.179 e. The van der Waals surface area contributed by atoms with Crippen LogP contribution in [-0.2, 0) is 0 Å². The van der Waals surface area contributed by atoms with Gasteiger partial charge in [-0.15, -0.1) is 0 Å². The van der Waals surface area contributed by atoms with Crippen molar-refractivity contribution in [2.75, 3.05) is 12.3 Å². The number of aromatic nitrogens is 2. The van der Waals surface area contributed by atoms with Crippen LogP contribution in [0, 0.1) is 5.92 Å². The van der Waals surface area contributed by atoms with Crippen molar-refractivity contribution in [3.63, 3.8) is 0 Å². The number of ether oxygens (including phenoxy) is 1.